The summed E-state index contributed by atoms with van der Waals surface area (Å²) in [5, 5.41) is 12.1. The van der Waals surface area contributed by atoms with Crippen LogP contribution in [0.15, 0.2) is 0 Å². The highest BCUT2D eigenvalue weighted by Gasteiger charge is 2.48. The Balaban J connectivity index is 0.00000111. The quantitative estimate of drug-likeness (QED) is 0.491. The van der Waals surface area contributed by atoms with Gasteiger partial charge in [0.25, 0.3) is 0 Å². The van der Waals surface area contributed by atoms with Crippen LogP contribution in [0.4, 0.5) is 0 Å². The summed E-state index contributed by atoms with van der Waals surface area (Å²) < 4.78 is 37.3. The van der Waals surface area contributed by atoms with Gasteiger partial charge < -0.3 is 20.5 Å². The van der Waals surface area contributed by atoms with Gasteiger partial charge in [-0.2, -0.15) is 0 Å². The summed E-state index contributed by atoms with van der Waals surface area (Å²) in [6.45, 7) is 6.23. The van der Waals surface area contributed by atoms with Crippen molar-refractivity contribution in [2.45, 2.75) is 116 Å². The molecule has 1 saturated carbocycles. The monoisotopic (exact) mass is 445 g/mol. The smallest absolute Gasteiger partial charge is 0.326 e. The zero-order valence-corrected chi connectivity index (χ0v) is 19.6. The van der Waals surface area contributed by atoms with Gasteiger partial charge in [-0.05, 0) is 66.1 Å². The van der Waals surface area contributed by atoms with Gasteiger partial charge in [0.2, 0.25) is 5.91 Å². The van der Waals surface area contributed by atoms with Crippen molar-refractivity contribution in [3.05, 3.63) is 0 Å². The lowest BCUT2D eigenvalue weighted by atomic mass is 9.84. The molecule has 2 rings (SSSR count). The molecule has 8 heteroatoms. The highest BCUT2D eigenvalue weighted by atomic mass is 16.5. The maximum Gasteiger partial charge on any atom is 0.326 e. The number of hydrogen-bond donors (Lipinski definition) is 3. The second kappa shape index (κ2) is 12.4. The number of carboxylic acid groups (broad SMARTS) is 1. The summed E-state index contributed by atoms with van der Waals surface area (Å²) in [4.78, 5) is 38.8. The highest BCUT2D eigenvalue weighted by molar-refractivity contribution is 5.88. The number of hydrogen-bond acceptors (Lipinski definition) is 6. The van der Waals surface area contributed by atoms with Crippen LogP contribution >= 0.6 is 0 Å². The van der Waals surface area contributed by atoms with Gasteiger partial charge >= 0.3 is 11.9 Å². The molecule has 0 unspecified atom stereocenters. The number of fused-ring (bicyclic) bond motifs is 1. The van der Waals surface area contributed by atoms with Crippen LogP contribution in [0.2, 0.25) is 0 Å². The van der Waals surface area contributed by atoms with E-state index in [1.807, 2.05) is 20.8 Å². The Hall–Kier alpha value is -1.67. The minimum absolute atomic E-state index is 0. The topological polar surface area (TPSA) is 122 Å². The van der Waals surface area contributed by atoms with E-state index in [2.05, 4.69) is 5.32 Å². The normalized spacial score (nSPS) is 28.3. The van der Waals surface area contributed by atoms with Crippen molar-refractivity contribution in [1.29, 1.82) is 0 Å². The van der Waals surface area contributed by atoms with E-state index in [4.69, 9.17) is 16.0 Å². The van der Waals surface area contributed by atoms with Crippen molar-refractivity contribution in [2.75, 3.05) is 6.61 Å². The minimum Gasteiger partial charge on any atom is -0.480 e. The van der Waals surface area contributed by atoms with E-state index in [1.54, 1.807) is 13.8 Å². The number of nitrogens with two attached hydrogens (primary N) is 1. The summed E-state index contributed by atoms with van der Waals surface area (Å²) in [5.74, 6) is -3.09. The molecular weight excluding hydrogens is 398 g/mol. The predicted octanol–water partition coefficient (Wildman–Crippen LogP) is 2.68. The molecule has 1 aliphatic heterocycles. The van der Waals surface area contributed by atoms with Crippen molar-refractivity contribution in [3.8, 4) is 0 Å². The molecule has 180 valence electrons. The van der Waals surface area contributed by atoms with E-state index in [0.717, 1.165) is 24.2 Å². The average molecular weight is 446 g/mol. The number of carbonyl (C=O) groups is 3. The number of ether oxygens (including phenoxy) is 1. The highest BCUT2D eigenvalue weighted by Crippen LogP contribution is 2.40. The van der Waals surface area contributed by atoms with Crippen molar-refractivity contribution < 1.29 is 29.7 Å². The van der Waals surface area contributed by atoms with Gasteiger partial charge in [0.1, 0.15) is 12.1 Å². The zero-order chi connectivity index (χ0) is 27.2. The van der Waals surface area contributed by atoms with Crippen LogP contribution in [0.5, 0.6) is 0 Å². The van der Waals surface area contributed by atoms with E-state index < -0.39 is 48.8 Å². The van der Waals surface area contributed by atoms with Crippen LogP contribution in [0.3, 0.4) is 0 Å². The first kappa shape index (κ1) is 21.2. The number of carbonyl (C=O) groups excluding carboxylic acids is 2. The molecule has 1 aliphatic carbocycles. The van der Waals surface area contributed by atoms with Crippen molar-refractivity contribution in [3.63, 3.8) is 0 Å². The lowest BCUT2D eigenvalue weighted by Gasteiger charge is -2.35. The van der Waals surface area contributed by atoms with E-state index in [1.165, 1.54) is 0 Å². The number of likely N-dealkylation sites (tertiary alicyclic amines) is 1. The molecule has 1 amide bonds. The van der Waals surface area contributed by atoms with Gasteiger partial charge in [0, 0.05) is 15.7 Å². The van der Waals surface area contributed by atoms with E-state index >= 15 is 0 Å². The second-order valence-electron chi connectivity index (χ2n) is 9.39. The van der Waals surface area contributed by atoms with Crippen LogP contribution in [-0.4, -0.2) is 64.1 Å². The summed E-state index contributed by atoms with van der Waals surface area (Å²) >= 11 is 0. The molecule has 0 bridgehead atoms. The molecule has 0 aromatic rings. The molecule has 4 N–H and O–H groups in total. The van der Waals surface area contributed by atoms with Gasteiger partial charge in [-0.15, -0.1) is 0 Å². The standard InChI is InChI=1S/C19H32N2O5.C4H11N/c1-4-8-14(19(25)26-5-2)20-12(3)17(22)21-15-10-7-6-9-13(15)11-16(21)18(23)24;1-4(2,3)5/h12-16,20H,4-11H2,1-3H3,(H,23,24);5H2,1-3H3/t12-,13-,14-,15-,16-;/m0./s1/i3D3,12D;. The molecule has 0 spiro atoms. The van der Waals surface area contributed by atoms with Crippen molar-refractivity contribution in [2.24, 2.45) is 11.7 Å². The Bertz CT molecular complexity index is 738. The Kier molecular flexibility index (Phi) is 8.47. The summed E-state index contributed by atoms with van der Waals surface area (Å²) in [5.41, 5.74) is 5.35. The Morgan fingerprint density at radius 2 is 1.90 bits per heavy atom. The first-order chi connectivity index (χ1) is 16.0. The third-order valence-corrected chi connectivity index (χ3v) is 5.29. The lowest BCUT2D eigenvalue weighted by molar-refractivity contribution is -0.152. The van der Waals surface area contributed by atoms with Crippen LogP contribution in [0.25, 0.3) is 0 Å². The Morgan fingerprint density at radius 1 is 1.29 bits per heavy atom. The number of esters is 1. The molecule has 5 atom stereocenters. The molecule has 31 heavy (non-hydrogen) atoms. The summed E-state index contributed by atoms with van der Waals surface area (Å²) in [7, 11) is 0. The fourth-order valence-corrected chi connectivity index (χ4v) is 4.12. The Morgan fingerprint density at radius 3 is 2.42 bits per heavy atom. The molecule has 8 nitrogen and oxygen atoms in total. The van der Waals surface area contributed by atoms with Gasteiger partial charge in [-0.1, -0.05) is 26.2 Å². The summed E-state index contributed by atoms with van der Waals surface area (Å²) in [6, 6.07) is -5.61. The number of amides is 1. The minimum atomic E-state index is -3.13. The maximum absolute atomic E-state index is 13.5. The fourth-order valence-electron chi connectivity index (χ4n) is 4.12. The molecule has 0 aromatic heterocycles. The van der Waals surface area contributed by atoms with Crippen LogP contribution < -0.4 is 11.1 Å². The molecule has 0 radical (unpaired) electrons. The molecule has 2 aliphatic rings. The lowest BCUT2D eigenvalue weighted by Crippen LogP contribution is -2.55. The molecule has 1 heterocycles. The molecule has 0 aromatic carbocycles. The summed E-state index contributed by atoms with van der Waals surface area (Å²) in [6.07, 6.45) is 4.01. The number of nitrogens with zero attached hydrogens (tertiary/aromatic N) is 1. The third-order valence-electron chi connectivity index (χ3n) is 5.29. The van der Waals surface area contributed by atoms with Crippen LogP contribution in [-0.2, 0) is 19.1 Å². The number of nitrogens with one attached hydrogen (secondary N) is 1. The first-order valence-corrected chi connectivity index (χ1v) is 11.3. The fraction of sp³-hybridized carbons (Fsp3) is 0.870. The Labute approximate surface area is 192 Å². The van der Waals surface area contributed by atoms with Gasteiger partial charge in [-0.25, -0.2) is 4.79 Å². The number of carboxylic acids is 1. The number of aliphatic carboxylic acids is 1. The zero-order valence-electron chi connectivity index (χ0n) is 23.6. The maximum atomic E-state index is 13.5. The number of rotatable bonds is 8. The van der Waals surface area contributed by atoms with Gasteiger partial charge in [-0.3, -0.25) is 14.9 Å². The third kappa shape index (κ3) is 8.77. The predicted molar refractivity (Wildman–Crippen MR) is 120 cm³/mol. The average Bonchev–Trinajstić information content (AvgIpc) is 3.10. The van der Waals surface area contributed by atoms with Gasteiger partial charge in [0.05, 0.1) is 14.0 Å². The van der Waals surface area contributed by atoms with Gasteiger partial charge in [0.15, 0.2) is 0 Å². The van der Waals surface area contributed by atoms with Crippen LogP contribution in [0, 0.1) is 5.92 Å². The van der Waals surface area contributed by atoms with Crippen molar-refractivity contribution >= 4 is 17.8 Å². The van der Waals surface area contributed by atoms with Crippen molar-refractivity contribution in [1.82, 2.24) is 10.2 Å². The van der Waals surface area contributed by atoms with E-state index in [-0.39, 0.29) is 30.9 Å². The van der Waals surface area contributed by atoms with Crippen LogP contribution in [0.1, 0.15) is 91.9 Å². The first-order valence-electron chi connectivity index (χ1n) is 13.3. The molecular formula is C23H43N3O5. The van der Waals surface area contributed by atoms with E-state index in [9.17, 15) is 19.5 Å². The van der Waals surface area contributed by atoms with E-state index in [0.29, 0.717) is 12.8 Å². The largest absolute Gasteiger partial charge is 0.480 e. The molecule has 2 fully saturated rings. The second-order valence-corrected chi connectivity index (χ2v) is 9.39. The molecule has 1 saturated heterocycles. The SMILES string of the molecule is CC(C)(C)N.[2H]C([2H])([2H])[C@]([2H])(N[C@@H](CCC)C(=O)OCC)C(=O)N1[C@H](C(=O)O)C[C@@H]2CCCC[C@@H]21.